The first-order valence-electron chi connectivity index (χ1n) is 5.44. The van der Waals surface area contributed by atoms with Crippen LogP contribution >= 0.6 is 0 Å². The Morgan fingerprint density at radius 3 is 2.47 bits per heavy atom. The van der Waals surface area contributed by atoms with Gasteiger partial charge in [-0.2, -0.15) is 0 Å². The van der Waals surface area contributed by atoms with Crippen molar-refractivity contribution in [3.05, 3.63) is 52.9 Å². The largest absolute Gasteiger partial charge is 0.398 e. The molecule has 0 spiro atoms. The SMILES string of the molecule is Cn1cc(NS(=O)(=O)c2ccccc2N)ccc1=O. The molecule has 0 aliphatic carbocycles. The van der Waals surface area contributed by atoms with E-state index in [1.807, 2.05) is 0 Å². The Labute approximate surface area is 110 Å². The summed E-state index contributed by atoms with van der Waals surface area (Å²) >= 11 is 0. The molecule has 2 rings (SSSR count). The molecule has 0 fully saturated rings. The third kappa shape index (κ3) is 2.76. The maximum atomic E-state index is 12.1. The van der Waals surface area contributed by atoms with Crippen molar-refractivity contribution in [2.24, 2.45) is 7.05 Å². The van der Waals surface area contributed by atoms with Crippen LogP contribution in [0.2, 0.25) is 0 Å². The smallest absolute Gasteiger partial charge is 0.263 e. The highest BCUT2D eigenvalue weighted by atomic mass is 32.2. The number of anilines is 2. The van der Waals surface area contributed by atoms with E-state index < -0.39 is 10.0 Å². The number of sulfonamides is 1. The lowest BCUT2D eigenvalue weighted by Gasteiger charge is -2.10. The Balaban J connectivity index is 2.39. The molecule has 1 heterocycles. The van der Waals surface area contributed by atoms with Crippen molar-refractivity contribution in [2.75, 3.05) is 10.5 Å². The fourth-order valence-electron chi connectivity index (χ4n) is 1.59. The number of aryl methyl sites for hydroxylation is 1. The molecule has 7 heteroatoms. The van der Waals surface area contributed by atoms with Crippen molar-refractivity contribution >= 4 is 21.4 Å². The van der Waals surface area contributed by atoms with Gasteiger partial charge in [0, 0.05) is 19.3 Å². The number of nitrogens with one attached hydrogen (secondary N) is 1. The normalized spacial score (nSPS) is 11.2. The number of benzene rings is 1. The van der Waals surface area contributed by atoms with E-state index in [1.165, 1.54) is 42.1 Å². The van der Waals surface area contributed by atoms with Gasteiger partial charge in [0.05, 0.1) is 11.4 Å². The summed E-state index contributed by atoms with van der Waals surface area (Å²) in [5.41, 5.74) is 5.88. The molecule has 0 saturated heterocycles. The zero-order valence-corrected chi connectivity index (χ0v) is 11.0. The second kappa shape index (κ2) is 4.77. The molecule has 100 valence electrons. The molecule has 0 amide bonds. The first-order chi connectivity index (χ1) is 8.90. The minimum Gasteiger partial charge on any atom is -0.398 e. The van der Waals surface area contributed by atoms with E-state index in [0.717, 1.165) is 0 Å². The molecule has 0 bridgehead atoms. The van der Waals surface area contributed by atoms with Crippen LogP contribution < -0.4 is 16.0 Å². The number of aromatic nitrogens is 1. The predicted molar refractivity (Wildman–Crippen MR) is 73.3 cm³/mol. The highest BCUT2D eigenvalue weighted by Gasteiger charge is 2.17. The molecule has 3 N–H and O–H groups in total. The highest BCUT2D eigenvalue weighted by Crippen LogP contribution is 2.20. The van der Waals surface area contributed by atoms with Crippen LogP contribution in [0, 0.1) is 0 Å². The lowest BCUT2D eigenvalue weighted by Crippen LogP contribution is -2.19. The number of hydrogen-bond donors (Lipinski definition) is 2. The standard InChI is InChI=1S/C12H13N3O3S/c1-15-8-9(6-7-12(15)16)14-19(17,18)11-5-3-2-4-10(11)13/h2-8,14H,13H2,1H3. The summed E-state index contributed by atoms with van der Waals surface area (Å²) < 4.78 is 27.9. The molecule has 2 aromatic rings. The molecule has 0 radical (unpaired) electrons. The van der Waals surface area contributed by atoms with Gasteiger partial charge in [-0.05, 0) is 18.2 Å². The van der Waals surface area contributed by atoms with Crippen molar-refractivity contribution in [1.29, 1.82) is 0 Å². The van der Waals surface area contributed by atoms with E-state index in [4.69, 9.17) is 5.73 Å². The van der Waals surface area contributed by atoms with Gasteiger partial charge in [0.15, 0.2) is 0 Å². The molecule has 1 aromatic heterocycles. The molecule has 0 atom stereocenters. The molecule has 6 nitrogen and oxygen atoms in total. The summed E-state index contributed by atoms with van der Waals surface area (Å²) in [6.45, 7) is 0. The third-order valence-corrected chi connectivity index (χ3v) is 4.00. The summed E-state index contributed by atoms with van der Waals surface area (Å²) in [7, 11) is -2.23. The Hall–Kier alpha value is -2.28. The van der Waals surface area contributed by atoms with Gasteiger partial charge in [0.25, 0.3) is 10.0 Å². The van der Waals surface area contributed by atoms with Crippen molar-refractivity contribution in [2.45, 2.75) is 4.90 Å². The molecular formula is C12H13N3O3S. The molecular weight excluding hydrogens is 266 g/mol. The van der Waals surface area contributed by atoms with Crippen molar-refractivity contribution < 1.29 is 8.42 Å². The molecule has 19 heavy (non-hydrogen) atoms. The van der Waals surface area contributed by atoms with Gasteiger partial charge in [0.2, 0.25) is 5.56 Å². The fraction of sp³-hybridized carbons (Fsp3) is 0.0833. The Kier molecular flexibility index (Phi) is 3.30. The first-order valence-corrected chi connectivity index (χ1v) is 6.92. The number of para-hydroxylation sites is 1. The molecule has 0 saturated carbocycles. The quantitative estimate of drug-likeness (QED) is 0.811. The van der Waals surface area contributed by atoms with Gasteiger partial charge in [-0.1, -0.05) is 12.1 Å². The average molecular weight is 279 g/mol. The van der Waals surface area contributed by atoms with Crippen LogP contribution in [0.15, 0.2) is 52.3 Å². The number of rotatable bonds is 3. The second-order valence-electron chi connectivity index (χ2n) is 4.01. The van der Waals surface area contributed by atoms with E-state index in [0.29, 0.717) is 5.69 Å². The molecule has 1 aromatic carbocycles. The third-order valence-electron chi connectivity index (χ3n) is 2.55. The monoisotopic (exact) mass is 279 g/mol. The average Bonchev–Trinajstić information content (AvgIpc) is 2.34. The maximum Gasteiger partial charge on any atom is 0.263 e. The van der Waals surface area contributed by atoms with Crippen LogP contribution in [0.25, 0.3) is 0 Å². The zero-order valence-electron chi connectivity index (χ0n) is 10.2. The van der Waals surface area contributed by atoms with Crippen molar-refractivity contribution in [3.8, 4) is 0 Å². The van der Waals surface area contributed by atoms with Crippen LogP contribution in [-0.2, 0) is 17.1 Å². The van der Waals surface area contributed by atoms with E-state index in [1.54, 1.807) is 12.1 Å². The van der Waals surface area contributed by atoms with Crippen LogP contribution in [0.5, 0.6) is 0 Å². The fourth-order valence-corrected chi connectivity index (χ4v) is 2.77. The van der Waals surface area contributed by atoms with Crippen LogP contribution in [0.1, 0.15) is 0 Å². The van der Waals surface area contributed by atoms with Crippen LogP contribution in [-0.4, -0.2) is 13.0 Å². The number of pyridine rings is 1. The summed E-state index contributed by atoms with van der Waals surface area (Å²) in [4.78, 5) is 11.2. The van der Waals surface area contributed by atoms with Gasteiger partial charge in [-0.3, -0.25) is 9.52 Å². The second-order valence-corrected chi connectivity index (χ2v) is 5.66. The highest BCUT2D eigenvalue weighted by molar-refractivity contribution is 7.92. The first kappa shape index (κ1) is 13.2. The lowest BCUT2D eigenvalue weighted by atomic mass is 10.3. The van der Waals surface area contributed by atoms with Gasteiger partial charge < -0.3 is 10.3 Å². The number of nitrogens with two attached hydrogens (primary N) is 1. The van der Waals surface area contributed by atoms with Gasteiger partial charge in [0.1, 0.15) is 4.90 Å². The Morgan fingerprint density at radius 1 is 1.16 bits per heavy atom. The number of hydrogen-bond acceptors (Lipinski definition) is 4. The number of nitrogens with zero attached hydrogens (tertiary/aromatic N) is 1. The topological polar surface area (TPSA) is 94.2 Å². The van der Waals surface area contributed by atoms with Gasteiger partial charge in [-0.25, -0.2) is 8.42 Å². The van der Waals surface area contributed by atoms with E-state index in [2.05, 4.69) is 4.72 Å². The summed E-state index contributed by atoms with van der Waals surface area (Å²) in [6, 6.07) is 8.85. The predicted octanol–water partition coefficient (Wildman–Crippen LogP) is 0.768. The summed E-state index contributed by atoms with van der Waals surface area (Å²) in [6.07, 6.45) is 1.40. The van der Waals surface area contributed by atoms with Gasteiger partial charge >= 0.3 is 0 Å². The molecule has 0 aliphatic heterocycles. The van der Waals surface area contributed by atoms with Crippen molar-refractivity contribution in [1.82, 2.24) is 4.57 Å². The Morgan fingerprint density at radius 2 is 1.84 bits per heavy atom. The zero-order chi connectivity index (χ0) is 14.0. The van der Waals surface area contributed by atoms with E-state index >= 15 is 0 Å². The minimum atomic E-state index is -3.76. The van der Waals surface area contributed by atoms with Crippen LogP contribution in [0.3, 0.4) is 0 Å². The number of nitrogen functional groups attached to an aromatic ring is 1. The lowest BCUT2D eigenvalue weighted by molar-refractivity contribution is 0.601. The van der Waals surface area contributed by atoms with Gasteiger partial charge in [-0.15, -0.1) is 0 Å². The maximum absolute atomic E-state index is 12.1. The summed E-state index contributed by atoms with van der Waals surface area (Å²) in [5, 5.41) is 0. The molecule has 0 unspecified atom stereocenters. The Bertz CT molecular complexity index is 766. The summed E-state index contributed by atoms with van der Waals surface area (Å²) in [5.74, 6) is 0. The minimum absolute atomic E-state index is 0.00357. The van der Waals surface area contributed by atoms with E-state index in [9.17, 15) is 13.2 Å². The molecule has 0 aliphatic rings. The van der Waals surface area contributed by atoms with Crippen LogP contribution in [0.4, 0.5) is 11.4 Å². The van der Waals surface area contributed by atoms with Crippen molar-refractivity contribution in [3.63, 3.8) is 0 Å². The van der Waals surface area contributed by atoms with E-state index in [-0.39, 0.29) is 16.1 Å².